The maximum absolute atomic E-state index is 10.7. The van der Waals surface area contributed by atoms with Crippen LogP contribution in [0.15, 0.2) is 5.16 Å². The van der Waals surface area contributed by atoms with Crippen molar-refractivity contribution in [2.45, 2.75) is 70.0 Å². The molecule has 1 N–H and O–H groups in total. The zero-order valence-corrected chi connectivity index (χ0v) is 13.6. The molecule has 1 aliphatic carbocycles. The van der Waals surface area contributed by atoms with Crippen molar-refractivity contribution in [1.82, 2.24) is 14.8 Å². The highest BCUT2D eigenvalue weighted by Crippen LogP contribution is 2.27. The molecule has 1 saturated carbocycles. The third-order valence-corrected chi connectivity index (χ3v) is 4.96. The summed E-state index contributed by atoms with van der Waals surface area (Å²) in [5, 5.41) is 18.1. The maximum atomic E-state index is 10.7. The Morgan fingerprint density at radius 3 is 2.62 bits per heavy atom. The number of carboxylic acids is 1. The van der Waals surface area contributed by atoms with Gasteiger partial charge in [-0.1, -0.05) is 57.2 Å². The van der Waals surface area contributed by atoms with Gasteiger partial charge in [0.05, 0.1) is 5.75 Å². The lowest BCUT2D eigenvalue weighted by atomic mass is 9.96. The standard InChI is InChI=1S/C15H25N3O2S/c1-2-9-18-13(10-12-7-5-3-4-6-8-12)16-17-15(18)21-11-14(19)20/h12H,2-11H2,1H3,(H,19,20). The van der Waals surface area contributed by atoms with Gasteiger partial charge in [0.15, 0.2) is 5.16 Å². The second-order valence-electron chi connectivity index (χ2n) is 5.79. The molecule has 118 valence electrons. The maximum Gasteiger partial charge on any atom is 0.313 e. The van der Waals surface area contributed by atoms with E-state index in [1.807, 2.05) is 0 Å². The molecule has 0 spiro atoms. The van der Waals surface area contributed by atoms with Crippen LogP contribution in [0, 0.1) is 5.92 Å². The summed E-state index contributed by atoms with van der Waals surface area (Å²) < 4.78 is 2.12. The van der Waals surface area contributed by atoms with Crippen LogP contribution >= 0.6 is 11.8 Å². The quantitative estimate of drug-likeness (QED) is 0.617. The smallest absolute Gasteiger partial charge is 0.313 e. The highest BCUT2D eigenvalue weighted by molar-refractivity contribution is 7.99. The van der Waals surface area contributed by atoms with Crippen molar-refractivity contribution in [3.8, 4) is 0 Å². The van der Waals surface area contributed by atoms with Crippen LogP contribution in [0.2, 0.25) is 0 Å². The molecule has 21 heavy (non-hydrogen) atoms. The number of thioether (sulfide) groups is 1. The Morgan fingerprint density at radius 2 is 2.00 bits per heavy atom. The van der Waals surface area contributed by atoms with Gasteiger partial charge in [-0.15, -0.1) is 10.2 Å². The van der Waals surface area contributed by atoms with E-state index in [9.17, 15) is 4.79 Å². The van der Waals surface area contributed by atoms with Gasteiger partial charge in [-0.2, -0.15) is 0 Å². The van der Waals surface area contributed by atoms with Crippen LogP contribution in [-0.4, -0.2) is 31.6 Å². The molecule has 0 aliphatic heterocycles. The van der Waals surface area contributed by atoms with Gasteiger partial charge in [-0.05, 0) is 12.3 Å². The van der Waals surface area contributed by atoms with Gasteiger partial charge in [-0.25, -0.2) is 0 Å². The molecule has 1 aliphatic rings. The minimum absolute atomic E-state index is 0.0469. The van der Waals surface area contributed by atoms with E-state index < -0.39 is 5.97 Å². The second-order valence-corrected chi connectivity index (χ2v) is 6.74. The van der Waals surface area contributed by atoms with Crippen molar-refractivity contribution in [1.29, 1.82) is 0 Å². The number of carbonyl (C=O) groups is 1. The topological polar surface area (TPSA) is 68.0 Å². The van der Waals surface area contributed by atoms with E-state index in [-0.39, 0.29) is 5.75 Å². The first kappa shape index (κ1) is 16.3. The zero-order chi connectivity index (χ0) is 15.1. The van der Waals surface area contributed by atoms with E-state index in [4.69, 9.17) is 5.11 Å². The predicted octanol–water partition coefficient (Wildman–Crippen LogP) is 3.38. The van der Waals surface area contributed by atoms with Crippen molar-refractivity contribution in [3.05, 3.63) is 5.82 Å². The van der Waals surface area contributed by atoms with Crippen molar-refractivity contribution in [2.24, 2.45) is 5.92 Å². The molecule has 0 atom stereocenters. The van der Waals surface area contributed by atoms with Crippen molar-refractivity contribution >= 4 is 17.7 Å². The van der Waals surface area contributed by atoms with E-state index in [1.165, 1.54) is 50.3 Å². The first-order valence-electron chi connectivity index (χ1n) is 7.97. The third kappa shape index (κ3) is 5.02. The summed E-state index contributed by atoms with van der Waals surface area (Å²) in [5.74, 6) is 0.989. The molecule has 1 heterocycles. The number of rotatable bonds is 7. The Labute approximate surface area is 130 Å². The van der Waals surface area contributed by atoms with Crippen LogP contribution in [0.4, 0.5) is 0 Å². The van der Waals surface area contributed by atoms with E-state index >= 15 is 0 Å². The minimum atomic E-state index is -0.809. The van der Waals surface area contributed by atoms with E-state index in [1.54, 1.807) is 0 Å². The van der Waals surface area contributed by atoms with Crippen LogP contribution < -0.4 is 0 Å². The van der Waals surface area contributed by atoms with Crippen molar-refractivity contribution in [2.75, 3.05) is 5.75 Å². The van der Waals surface area contributed by atoms with Crippen LogP contribution in [0.25, 0.3) is 0 Å². The number of carboxylic acid groups (broad SMARTS) is 1. The summed E-state index contributed by atoms with van der Waals surface area (Å²) in [6.45, 7) is 3.00. The fourth-order valence-corrected chi connectivity index (χ4v) is 3.68. The van der Waals surface area contributed by atoms with Gasteiger partial charge in [0, 0.05) is 13.0 Å². The van der Waals surface area contributed by atoms with E-state index in [2.05, 4.69) is 21.7 Å². The molecular formula is C15H25N3O2S. The summed E-state index contributed by atoms with van der Waals surface area (Å²) in [5.41, 5.74) is 0. The predicted molar refractivity (Wildman–Crippen MR) is 83.6 cm³/mol. The van der Waals surface area contributed by atoms with Crippen molar-refractivity contribution in [3.63, 3.8) is 0 Å². The molecule has 0 bridgehead atoms. The molecule has 0 unspecified atom stereocenters. The number of hydrogen-bond donors (Lipinski definition) is 1. The lowest BCUT2D eigenvalue weighted by Crippen LogP contribution is -2.11. The van der Waals surface area contributed by atoms with Gasteiger partial charge in [0.1, 0.15) is 5.82 Å². The molecular weight excluding hydrogens is 286 g/mol. The molecule has 2 rings (SSSR count). The van der Waals surface area contributed by atoms with E-state index in [0.717, 1.165) is 30.4 Å². The molecule has 6 heteroatoms. The largest absolute Gasteiger partial charge is 0.481 e. The van der Waals surface area contributed by atoms with Gasteiger partial charge >= 0.3 is 5.97 Å². The Bertz CT molecular complexity index is 454. The first-order chi connectivity index (χ1) is 10.2. The van der Waals surface area contributed by atoms with Crippen LogP contribution in [-0.2, 0) is 17.8 Å². The molecule has 0 amide bonds. The molecule has 1 aromatic heterocycles. The van der Waals surface area contributed by atoms with Crippen molar-refractivity contribution < 1.29 is 9.90 Å². The molecule has 5 nitrogen and oxygen atoms in total. The number of aromatic nitrogens is 3. The number of nitrogens with zero attached hydrogens (tertiary/aromatic N) is 3. The summed E-state index contributed by atoms with van der Waals surface area (Å²) in [6.07, 6.45) is 9.94. The Kier molecular flexibility index (Phi) is 6.54. The fraction of sp³-hybridized carbons (Fsp3) is 0.800. The van der Waals surface area contributed by atoms with Gasteiger partial charge in [-0.3, -0.25) is 4.79 Å². The van der Waals surface area contributed by atoms with Crippen LogP contribution in [0.3, 0.4) is 0 Å². The monoisotopic (exact) mass is 311 g/mol. The highest BCUT2D eigenvalue weighted by Gasteiger charge is 2.19. The third-order valence-electron chi connectivity index (χ3n) is 4.01. The Balaban J connectivity index is 2.04. The lowest BCUT2D eigenvalue weighted by molar-refractivity contribution is -0.133. The molecule has 0 radical (unpaired) electrons. The average molecular weight is 311 g/mol. The molecule has 1 aromatic rings. The number of aliphatic carboxylic acids is 1. The lowest BCUT2D eigenvalue weighted by Gasteiger charge is -2.14. The highest BCUT2D eigenvalue weighted by atomic mass is 32.2. The fourth-order valence-electron chi connectivity index (χ4n) is 2.98. The first-order valence-corrected chi connectivity index (χ1v) is 8.96. The summed E-state index contributed by atoms with van der Waals surface area (Å²) in [6, 6.07) is 0. The molecule has 0 aromatic carbocycles. The summed E-state index contributed by atoms with van der Waals surface area (Å²) >= 11 is 1.27. The average Bonchev–Trinajstić information content (AvgIpc) is 2.66. The minimum Gasteiger partial charge on any atom is -0.481 e. The van der Waals surface area contributed by atoms with Gasteiger partial charge < -0.3 is 9.67 Å². The Hall–Kier alpha value is -1.04. The SMILES string of the molecule is CCCn1c(CC2CCCCCC2)nnc1SCC(=O)O. The number of hydrogen-bond acceptors (Lipinski definition) is 4. The summed E-state index contributed by atoms with van der Waals surface area (Å²) in [4.78, 5) is 10.7. The molecule has 0 saturated heterocycles. The molecule has 1 fully saturated rings. The Morgan fingerprint density at radius 1 is 1.29 bits per heavy atom. The van der Waals surface area contributed by atoms with E-state index in [0.29, 0.717) is 5.92 Å². The zero-order valence-electron chi connectivity index (χ0n) is 12.8. The van der Waals surface area contributed by atoms with Gasteiger partial charge in [0.2, 0.25) is 0 Å². The second kappa shape index (κ2) is 8.41. The van der Waals surface area contributed by atoms with Crippen LogP contribution in [0.5, 0.6) is 0 Å². The summed E-state index contributed by atoms with van der Waals surface area (Å²) in [7, 11) is 0. The van der Waals surface area contributed by atoms with Gasteiger partial charge in [0.25, 0.3) is 0 Å². The van der Waals surface area contributed by atoms with Crippen LogP contribution in [0.1, 0.15) is 57.7 Å². The normalized spacial score (nSPS) is 16.8.